The van der Waals surface area contributed by atoms with Crippen molar-refractivity contribution in [2.45, 2.75) is 52.6 Å². The van der Waals surface area contributed by atoms with Gasteiger partial charge in [0.2, 0.25) is 0 Å². The first kappa shape index (κ1) is 12.0. The molecule has 0 saturated carbocycles. The molecule has 1 fully saturated rings. The minimum Gasteiger partial charge on any atom is -0.314 e. The molecule has 0 aromatic heterocycles. The molecule has 2 heteroatoms. The zero-order valence-corrected chi connectivity index (χ0v) is 10.2. The van der Waals surface area contributed by atoms with Gasteiger partial charge in [-0.1, -0.05) is 20.8 Å². The van der Waals surface area contributed by atoms with Gasteiger partial charge in [0.15, 0.2) is 0 Å². The van der Waals surface area contributed by atoms with Gasteiger partial charge in [-0.15, -0.1) is 0 Å². The molecule has 2 nitrogen and oxygen atoms in total. The minimum atomic E-state index is 0.752. The van der Waals surface area contributed by atoms with Crippen molar-refractivity contribution < 1.29 is 0 Å². The molecule has 1 aliphatic heterocycles. The zero-order valence-electron chi connectivity index (χ0n) is 10.2. The van der Waals surface area contributed by atoms with Crippen LogP contribution in [0.1, 0.15) is 40.5 Å². The van der Waals surface area contributed by atoms with Crippen molar-refractivity contribution in [2.75, 3.05) is 19.6 Å². The quantitative estimate of drug-likeness (QED) is 0.744. The highest BCUT2D eigenvalue weighted by Crippen LogP contribution is 2.16. The van der Waals surface area contributed by atoms with Crippen LogP contribution in [0.5, 0.6) is 0 Å². The average molecular weight is 198 g/mol. The van der Waals surface area contributed by atoms with E-state index in [4.69, 9.17) is 0 Å². The SMILES string of the molecule is CCC1CNCCN1C(C)CC(C)C. The summed E-state index contributed by atoms with van der Waals surface area (Å²) in [6.45, 7) is 12.9. The first-order valence-corrected chi connectivity index (χ1v) is 6.11. The third-order valence-electron chi connectivity index (χ3n) is 3.25. The summed E-state index contributed by atoms with van der Waals surface area (Å²) < 4.78 is 0. The van der Waals surface area contributed by atoms with Gasteiger partial charge < -0.3 is 5.32 Å². The van der Waals surface area contributed by atoms with E-state index in [9.17, 15) is 0 Å². The van der Waals surface area contributed by atoms with Crippen molar-refractivity contribution >= 4 is 0 Å². The predicted molar refractivity (Wildman–Crippen MR) is 62.6 cm³/mol. The Morgan fingerprint density at radius 1 is 1.36 bits per heavy atom. The molecule has 1 heterocycles. The van der Waals surface area contributed by atoms with E-state index in [1.165, 1.54) is 32.5 Å². The topological polar surface area (TPSA) is 15.3 Å². The van der Waals surface area contributed by atoms with Crippen LogP contribution >= 0.6 is 0 Å². The second kappa shape index (κ2) is 5.72. The molecule has 0 aromatic rings. The van der Waals surface area contributed by atoms with Crippen LogP contribution in [0.4, 0.5) is 0 Å². The van der Waals surface area contributed by atoms with Crippen LogP contribution in [0.25, 0.3) is 0 Å². The summed E-state index contributed by atoms with van der Waals surface area (Å²) in [5, 5.41) is 3.48. The molecule has 0 aromatic carbocycles. The summed E-state index contributed by atoms with van der Waals surface area (Å²) in [7, 11) is 0. The molecule has 1 saturated heterocycles. The summed E-state index contributed by atoms with van der Waals surface area (Å²) in [4.78, 5) is 2.69. The molecule has 2 atom stereocenters. The fraction of sp³-hybridized carbons (Fsp3) is 1.00. The predicted octanol–water partition coefficient (Wildman–Crippen LogP) is 2.10. The Balaban J connectivity index is 2.45. The zero-order chi connectivity index (χ0) is 10.6. The van der Waals surface area contributed by atoms with E-state index >= 15 is 0 Å². The Labute approximate surface area is 89.1 Å². The summed E-state index contributed by atoms with van der Waals surface area (Å²) in [6, 6.07) is 1.51. The average Bonchev–Trinajstić information content (AvgIpc) is 2.16. The van der Waals surface area contributed by atoms with Crippen molar-refractivity contribution in [1.29, 1.82) is 0 Å². The standard InChI is InChI=1S/C12H26N2/c1-5-12-9-13-6-7-14(12)11(4)8-10(2)3/h10-13H,5-9H2,1-4H3. The van der Waals surface area contributed by atoms with Gasteiger partial charge in [-0.25, -0.2) is 0 Å². The van der Waals surface area contributed by atoms with Crippen molar-refractivity contribution in [1.82, 2.24) is 10.2 Å². The van der Waals surface area contributed by atoms with E-state index in [0.717, 1.165) is 18.0 Å². The van der Waals surface area contributed by atoms with Crippen LogP contribution < -0.4 is 5.32 Å². The smallest absolute Gasteiger partial charge is 0.0221 e. The second-order valence-corrected chi connectivity index (χ2v) is 4.98. The minimum absolute atomic E-state index is 0.752. The largest absolute Gasteiger partial charge is 0.314 e. The lowest BCUT2D eigenvalue weighted by atomic mass is 10.0. The third kappa shape index (κ3) is 3.25. The lowest BCUT2D eigenvalue weighted by Crippen LogP contribution is -2.54. The van der Waals surface area contributed by atoms with Crippen LogP contribution in [0, 0.1) is 5.92 Å². The van der Waals surface area contributed by atoms with Gasteiger partial charge in [0, 0.05) is 31.7 Å². The molecule has 0 radical (unpaired) electrons. The molecule has 1 aliphatic rings. The van der Waals surface area contributed by atoms with Crippen molar-refractivity contribution in [3.63, 3.8) is 0 Å². The number of hydrogen-bond donors (Lipinski definition) is 1. The van der Waals surface area contributed by atoms with E-state index in [1.54, 1.807) is 0 Å². The normalized spacial score (nSPS) is 26.8. The van der Waals surface area contributed by atoms with Crippen LogP contribution in [-0.4, -0.2) is 36.6 Å². The van der Waals surface area contributed by atoms with Crippen molar-refractivity contribution in [3.05, 3.63) is 0 Å². The molecule has 0 amide bonds. The molecular formula is C12H26N2. The molecule has 1 N–H and O–H groups in total. The fourth-order valence-electron chi connectivity index (χ4n) is 2.55. The Hall–Kier alpha value is -0.0800. The molecule has 2 unspecified atom stereocenters. The molecule has 0 bridgehead atoms. The number of rotatable bonds is 4. The van der Waals surface area contributed by atoms with Crippen LogP contribution in [-0.2, 0) is 0 Å². The maximum atomic E-state index is 3.48. The third-order valence-corrected chi connectivity index (χ3v) is 3.25. The van der Waals surface area contributed by atoms with Crippen molar-refractivity contribution in [3.8, 4) is 0 Å². The van der Waals surface area contributed by atoms with Crippen LogP contribution in [0.3, 0.4) is 0 Å². The molecule has 1 rings (SSSR count). The van der Waals surface area contributed by atoms with Gasteiger partial charge in [-0.05, 0) is 25.7 Å². The van der Waals surface area contributed by atoms with Gasteiger partial charge in [0.1, 0.15) is 0 Å². The Morgan fingerprint density at radius 2 is 2.07 bits per heavy atom. The molecule has 0 aliphatic carbocycles. The second-order valence-electron chi connectivity index (χ2n) is 4.98. The van der Waals surface area contributed by atoms with Crippen LogP contribution in [0.2, 0.25) is 0 Å². The van der Waals surface area contributed by atoms with E-state index in [1.807, 2.05) is 0 Å². The summed E-state index contributed by atoms with van der Waals surface area (Å²) in [5.74, 6) is 0.817. The van der Waals surface area contributed by atoms with E-state index < -0.39 is 0 Å². The first-order chi connectivity index (χ1) is 6.65. The van der Waals surface area contributed by atoms with E-state index in [2.05, 4.69) is 37.9 Å². The van der Waals surface area contributed by atoms with Gasteiger partial charge in [-0.2, -0.15) is 0 Å². The summed E-state index contributed by atoms with van der Waals surface area (Å²) >= 11 is 0. The Kier molecular flexibility index (Phi) is 4.90. The monoisotopic (exact) mass is 198 g/mol. The maximum Gasteiger partial charge on any atom is 0.0221 e. The molecular weight excluding hydrogens is 172 g/mol. The number of nitrogens with one attached hydrogen (secondary N) is 1. The van der Waals surface area contributed by atoms with E-state index in [0.29, 0.717) is 0 Å². The summed E-state index contributed by atoms with van der Waals surface area (Å²) in [5.41, 5.74) is 0. The summed E-state index contributed by atoms with van der Waals surface area (Å²) in [6.07, 6.45) is 2.60. The number of piperazine rings is 1. The van der Waals surface area contributed by atoms with Gasteiger partial charge in [0.05, 0.1) is 0 Å². The fourth-order valence-corrected chi connectivity index (χ4v) is 2.55. The van der Waals surface area contributed by atoms with E-state index in [-0.39, 0.29) is 0 Å². The molecule has 14 heavy (non-hydrogen) atoms. The van der Waals surface area contributed by atoms with Crippen LogP contribution in [0.15, 0.2) is 0 Å². The lowest BCUT2D eigenvalue weighted by molar-refractivity contribution is 0.0995. The lowest BCUT2D eigenvalue weighted by Gasteiger charge is -2.40. The first-order valence-electron chi connectivity index (χ1n) is 6.11. The highest BCUT2D eigenvalue weighted by molar-refractivity contribution is 4.82. The molecule has 84 valence electrons. The Bertz CT molecular complexity index is 156. The van der Waals surface area contributed by atoms with Gasteiger partial charge in [0.25, 0.3) is 0 Å². The molecule has 0 spiro atoms. The number of hydrogen-bond acceptors (Lipinski definition) is 2. The maximum absolute atomic E-state index is 3.48. The number of nitrogens with zero attached hydrogens (tertiary/aromatic N) is 1. The van der Waals surface area contributed by atoms with Gasteiger partial charge >= 0.3 is 0 Å². The van der Waals surface area contributed by atoms with Gasteiger partial charge in [-0.3, -0.25) is 4.90 Å². The Morgan fingerprint density at radius 3 is 2.64 bits per heavy atom. The van der Waals surface area contributed by atoms with Crippen molar-refractivity contribution in [2.24, 2.45) is 5.92 Å². The highest BCUT2D eigenvalue weighted by Gasteiger charge is 2.24. The highest BCUT2D eigenvalue weighted by atomic mass is 15.2.